The van der Waals surface area contributed by atoms with Crippen molar-refractivity contribution in [1.29, 1.82) is 0 Å². The summed E-state index contributed by atoms with van der Waals surface area (Å²) in [5, 5.41) is 1.19. The number of nitrogens with zero attached hydrogens (tertiary/aromatic N) is 1. The van der Waals surface area contributed by atoms with Gasteiger partial charge in [0.05, 0.1) is 6.54 Å². The third kappa shape index (κ3) is 1.97. The van der Waals surface area contributed by atoms with E-state index in [0.717, 1.165) is 5.52 Å². The zero-order valence-electron chi connectivity index (χ0n) is 10.7. The van der Waals surface area contributed by atoms with Crippen molar-refractivity contribution in [3.05, 3.63) is 65.6 Å². The Labute approximate surface area is 111 Å². The topological polar surface area (TPSA) is 30.9 Å². The second-order valence-corrected chi connectivity index (χ2v) is 4.76. The summed E-state index contributed by atoms with van der Waals surface area (Å²) in [5.74, 6) is -0.254. The van der Waals surface area contributed by atoms with Crippen LogP contribution < -0.4 is 5.73 Å². The number of benzene rings is 2. The lowest BCUT2D eigenvalue weighted by Crippen LogP contribution is -2.04. The van der Waals surface area contributed by atoms with E-state index in [4.69, 9.17) is 5.73 Å². The lowest BCUT2D eigenvalue weighted by Gasteiger charge is -2.09. The molecule has 0 aliphatic rings. The number of nitrogens with two attached hydrogens (primary N) is 1. The van der Waals surface area contributed by atoms with Crippen LogP contribution in [-0.2, 0) is 6.54 Å². The molecule has 2 aromatic carbocycles. The standard InChI is InChI=1S/C16H15FN2/c1-11-9-19(16-8-3-2-5-12(11)16)10-13-14(17)6-4-7-15(13)18/h2-9H,10,18H2,1H3. The van der Waals surface area contributed by atoms with Gasteiger partial charge in [-0.1, -0.05) is 24.3 Å². The van der Waals surface area contributed by atoms with Crippen molar-refractivity contribution in [3.63, 3.8) is 0 Å². The van der Waals surface area contributed by atoms with Gasteiger partial charge >= 0.3 is 0 Å². The maximum atomic E-state index is 13.8. The average Bonchev–Trinajstić information content (AvgIpc) is 2.72. The smallest absolute Gasteiger partial charge is 0.130 e. The number of anilines is 1. The third-order valence-electron chi connectivity index (χ3n) is 3.47. The van der Waals surface area contributed by atoms with E-state index in [0.29, 0.717) is 17.8 Å². The van der Waals surface area contributed by atoms with Crippen molar-refractivity contribution >= 4 is 16.6 Å². The molecule has 3 rings (SSSR count). The van der Waals surface area contributed by atoms with E-state index in [-0.39, 0.29) is 5.82 Å². The van der Waals surface area contributed by atoms with Crippen molar-refractivity contribution in [3.8, 4) is 0 Å². The lowest BCUT2D eigenvalue weighted by molar-refractivity contribution is 0.603. The van der Waals surface area contributed by atoms with Gasteiger partial charge in [0.25, 0.3) is 0 Å². The number of fused-ring (bicyclic) bond motifs is 1. The summed E-state index contributed by atoms with van der Waals surface area (Å²) in [4.78, 5) is 0. The molecule has 96 valence electrons. The molecule has 0 fully saturated rings. The molecular weight excluding hydrogens is 239 g/mol. The van der Waals surface area contributed by atoms with Crippen molar-refractivity contribution in [1.82, 2.24) is 4.57 Å². The summed E-state index contributed by atoms with van der Waals surface area (Å²) >= 11 is 0. The molecule has 0 saturated carbocycles. The van der Waals surface area contributed by atoms with Crippen LogP contribution >= 0.6 is 0 Å². The van der Waals surface area contributed by atoms with Crippen LogP contribution in [0.4, 0.5) is 10.1 Å². The highest BCUT2D eigenvalue weighted by molar-refractivity contribution is 5.83. The molecule has 3 aromatic rings. The molecule has 1 heterocycles. The molecule has 2 N–H and O–H groups in total. The van der Waals surface area contributed by atoms with Gasteiger partial charge in [0.2, 0.25) is 0 Å². The SMILES string of the molecule is Cc1cn(Cc2c(N)cccc2F)c2ccccc12. The van der Waals surface area contributed by atoms with Crippen molar-refractivity contribution < 1.29 is 4.39 Å². The molecule has 0 radical (unpaired) electrons. The summed E-state index contributed by atoms with van der Waals surface area (Å²) in [5.41, 5.74) is 9.19. The fraction of sp³-hybridized carbons (Fsp3) is 0.125. The lowest BCUT2D eigenvalue weighted by atomic mass is 10.1. The summed E-state index contributed by atoms with van der Waals surface area (Å²) in [6.45, 7) is 2.51. The third-order valence-corrected chi connectivity index (χ3v) is 3.47. The first kappa shape index (κ1) is 11.8. The predicted octanol–water partition coefficient (Wildman–Crippen LogP) is 3.72. The van der Waals surface area contributed by atoms with Gasteiger partial charge in [-0.15, -0.1) is 0 Å². The Balaban J connectivity index is 2.11. The van der Waals surface area contributed by atoms with Gasteiger partial charge in [-0.25, -0.2) is 4.39 Å². The van der Waals surface area contributed by atoms with Gasteiger partial charge in [0.15, 0.2) is 0 Å². The van der Waals surface area contributed by atoms with E-state index >= 15 is 0 Å². The summed E-state index contributed by atoms with van der Waals surface area (Å²) in [6, 6.07) is 12.9. The number of nitrogen functional groups attached to an aromatic ring is 1. The van der Waals surface area contributed by atoms with E-state index in [1.807, 2.05) is 29.0 Å². The van der Waals surface area contributed by atoms with Gasteiger partial charge in [-0.3, -0.25) is 0 Å². The number of rotatable bonds is 2. The monoisotopic (exact) mass is 254 g/mol. The highest BCUT2D eigenvalue weighted by Gasteiger charge is 2.10. The van der Waals surface area contributed by atoms with E-state index in [1.54, 1.807) is 12.1 Å². The first-order valence-electron chi connectivity index (χ1n) is 6.24. The minimum absolute atomic E-state index is 0.254. The highest BCUT2D eigenvalue weighted by atomic mass is 19.1. The van der Waals surface area contributed by atoms with Crippen LogP contribution in [-0.4, -0.2) is 4.57 Å². The second kappa shape index (κ2) is 4.43. The Hall–Kier alpha value is -2.29. The Morgan fingerprint density at radius 1 is 1.11 bits per heavy atom. The molecule has 0 unspecified atom stereocenters. The van der Waals surface area contributed by atoms with Crippen LogP contribution in [0.3, 0.4) is 0 Å². The van der Waals surface area contributed by atoms with Crippen LogP contribution in [0.25, 0.3) is 10.9 Å². The van der Waals surface area contributed by atoms with Crippen molar-refractivity contribution in [2.24, 2.45) is 0 Å². The molecular formula is C16H15FN2. The van der Waals surface area contributed by atoms with E-state index in [2.05, 4.69) is 13.0 Å². The first-order chi connectivity index (χ1) is 9.16. The van der Waals surface area contributed by atoms with E-state index in [1.165, 1.54) is 17.0 Å². The zero-order chi connectivity index (χ0) is 13.4. The maximum absolute atomic E-state index is 13.8. The van der Waals surface area contributed by atoms with Gasteiger partial charge in [-0.05, 0) is 30.7 Å². The Kier molecular flexibility index (Phi) is 2.75. The van der Waals surface area contributed by atoms with Gasteiger partial charge < -0.3 is 10.3 Å². The van der Waals surface area contributed by atoms with E-state index < -0.39 is 0 Å². The number of para-hydroxylation sites is 1. The number of hydrogen-bond donors (Lipinski definition) is 1. The normalized spacial score (nSPS) is 11.1. The number of halogens is 1. The Morgan fingerprint density at radius 2 is 1.89 bits per heavy atom. The largest absolute Gasteiger partial charge is 0.398 e. The van der Waals surface area contributed by atoms with Crippen LogP contribution in [0.5, 0.6) is 0 Å². The van der Waals surface area contributed by atoms with Crippen LogP contribution in [0.1, 0.15) is 11.1 Å². The zero-order valence-corrected chi connectivity index (χ0v) is 10.7. The maximum Gasteiger partial charge on any atom is 0.130 e. The summed E-state index contributed by atoms with van der Waals surface area (Å²) in [7, 11) is 0. The summed E-state index contributed by atoms with van der Waals surface area (Å²) < 4.78 is 15.9. The molecule has 0 saturated heterocycles. The summed E-state index contributed by atoms with van der Waals surface area (Å²) in [6.07, 6.45) is 2.04. The van der Waals surface area contributed by atoms with Crippen LogP contribution in [0.2, 0.25) is 0 Å². The van der Waals surface area contributed by atoms with Crippen molar-refractivity contribution in [2.45, 2.75) is 13.5 Å². The fourth-order valence-electron chi connectivity index (χ4n) is 2.47. The molecule has 0 atom stereocenters. The van der Waals surface area contributed by atoms with E-state index in [9.17, 15) is 4.39 Å². The molecule has 0 aliphatic heterocycles. The van der Waals surface area contributed by atoms with Crippen molar-refractivity contribution in [2.75, 3.05) is 5.73 Å². The predicted molar refractivity (Wildman–Crippen MR) is 76.6 cm³/mol. The highest BCUT2D eigenvalue weighted by Crippen LogP contribution is 2.24. The molecule has 1 aromatic heterocycles. The van der Waals surface area contributed by atoms with Crippen LogP contribution in [0, 0.1) is 12.7 Å². The van der Waals surface area contributed by atoms with Gasteiger partial charge in [-0.2, -0.15) is 0 Å². The molecule has 3 heteroatoms. The Morgan fingerprint density at radius 3 is 2.68 bits per heavy atom. The van der Waals surface area contributed by atoms with Crippen LogP contribution in [0.15, 0.2) is 48.7 Å². The molecule has 0 bridgehead atoms. The van der Waals surface area contributed by atoms with Gasteiger partial charge in [0, 0.05) is 28.4 Å². The molecule has 0 spiro atoms. The fourth-order valence-corrected chi connectivity index (χ4v) is 2.47. The quantitative estimate of drug-likeness (QED) is 0.694. The molecule has 0 aliphatic carbocycles. The number of aryl methyl sites for hydroxylation is 1. The Bertz CT molecular complexity index is 723. The number of aromatic nitrogens is 1. The second-order valence-electron chi connectivity index (χ2n) is 4.76. The minimum Gasteiger partial charge on any atom is -0.398 e. The molecule has 19 heavy (non-hydrogen) atoms. The molecule has 2 nitrogen and oxygen atoms in total. The molecule has 0 amide bonds. The van der Waals surface area contributed by atoms with Gasteiger partial charge in [0.1, 0.15) is 5.82 Å². The minimum atomic E-state index is -0.254. The first-order valence-corrected chi connectivity index (χ1v) is 6.24. The number of hydrogen-bond acceptors (Lipinski definition) is 1. The average molecular weight is 254 g/mol.